The summed E-state index contributed by atoms with van der Waals surface area (Å²) in [6.45, 7) is 0. The number of carbonyl (C=O) groups excluding carboxylic acids is 1. The number of aldehydes is 1. The van der Waals surface area contributed by atoms with Gasteiger partial charge in [-0.15, -0.1) is 0 Å². The molecule has 0 saturated carbocycles. The predicted octanol–water partition coefficient (Wildman–Crippen LogP) is -0.778. The SMILES string of the molecule is N[C@H](C=O)CCC(=O)O.[Ca+2].[H-].[H-]. The molecule has 56 valence electrons. The van der Waals surface area contributed by atoms with Crippen LogP contribution in [0.4, 0.5) is 0 Å². The van der Waals surface area contributed by atoms with Gasteiger partial charge in [0.1, 0.15) is 6.29 Å². The average molecular weight is 173 g/mol. The average Bonchev–Trinajstić information content (AvgIpc) is 1.83. The van der Waals surface area contributed by atoms with Gasteiger partial charge < -0.3 is 18.5 Å². The molecule has 0 rings (SSSR count). The van der Waals surface area contributed by atoms with E-state index in [1.54, 1.807) is 0 Å². The fourth-order valence-corrected chi connectivity index (χ4v) is 0.358. The number of carbonyl (C=O) groups is 2. The normalized spacial score (nSPS) is 11.3. The first-order valence-electron chi connectivity index (χ1n) is 2.59. The zero-order chi connectivity index (χ0) is 7.28. The standard InChI is InChI=1S/C5H9NO3.Ca.2H/c6-4(3-7)1-2-5(8)9;;;/h3-4H,1-2,6H2,(H,8,9);;;/q;+2;2*-1/t4-;;;/m0.../s1. The van der Waals surface area contributed by atoms with E-state index in [4.69, 9.17) is 10.8 Å². The summed E-state index contributed by atoms with van der Waals surface area (Å²) in [7, 11) is 0. The summed E-state index contributed by atoms with van der Waals surface area (Å²) < 4.78 is 0. The van der Waals surface area contributed by atoms with Crippen molar-refractivity contribution in [1.29, 1.82) is 0 Å². The molecule has 0 aromatic rings. The van der Waals surface area contributed by atoms with Gasteiger partial charge in [-0.25, -0.2) is 0 Å². The monoisotopic (exact) mass is 173 g/mol. The third kappa shape index (κ3) is 8.36. The van der Waals surface area contributed by atoms with E-state index in [0.29, 0.717) is 6.29 Å². The molecule has 0 aliphatic rings. The zero-order valence-corrected chi connectivity index (χ0v) is 7.83. The molecule has 0 fully saturated rings. The van der Waals surface area contributed by atoms with E-state index in [2.05, 4.69) is 0 Å². The molecule has 0 aromatic carbocycles. The second-order valence-electron chi connectivity index (χ2n) is 1.73. The summed E-state index contributed by atoms with van der Waals surface area (Å²) in [5, 5.41) is 8.09. The minimum absolute atomic E-state index is 0. The van der Waals surface area contributed by atoms with Crippen molar-refractivity contribution < 1.29 is 17.5 Å². The van der Waals surface area contributed by atoms with E-state index in [1.807, 2.05) is 0 Å². The van der Waals surface area contributed by atoms with Crippen LogP contribution in [0.25, 0.3) is 0 Å². The van der Waals surface area contributed by atoms with Gasteiger partial charge in [-0.05, 0) is 6.42 Å². The molecule has 5 heteroatoms. The summed E-state index contributed by atoms with van der Waals surface area (Å²) in [6, 6.07) is -0.624. The number of carboxylic acids is 1. The van der Waals surface area contributed by atoms with Gasteiger partial charge in [-0.1, -0.05) is 0 Å². The van der Waals surface area contributed by atoms with Crippen molar-refractivity contribution in [3.63, 3.8) is 0 Å². The van der Waals surface area contributed by atoms with E-state index in [1.165, 1.54) is 0 Å². The maximum Gasteiger partial charge on any atom is 2.00 e. The minimum Gasteiger partial charge on any atom is -1.00 e. The molecule has 0 saturated heterocycles. The Hall–Kier alpha value is 0.360. The fourth-order valence-electron chi connectivity index (χ4n) is 0.358. The number of carboxylic acid groups (broad SMARTS) is 1. The van der Waals surface area contributed by atoms with Crippen LogP contribution in [0.5, 0.6) is 0 Å². The molecule has 10 heavy (non-hydrogen) atoms. The Balaban J connectivity index is -0.000000107. The molecule has 0 aromatic heterocycles. The Morgan fingerprint density at radius 2 is 2.30 bits per heavy atom. The molecule has 4 nitrogen and oxygen atoms in total. The number of hydrogen-bond donors (Lipinski definition) is 2. The first-order chi connectivity index (χ1) is 4.16. The molecular weight excluding hydrogens is 162 g/mol. The molecule has 0 aliphatic heterocycles. The third-order valence-electron chi connectivity index (χ3n) is 0.866. The number of nitrogens with two attached hydrogens (primary N) is 1. The first-order valence-corrected chi connectivity index (χ1v) is 2.59. The van der Waals surface area contributed by atoms with Crippen LogP contribution in [0.1, 0.15) is 15.7 Å². The van der Waals surface area contributed by atoms with Crippen LogP contribution in [0, 0.1) is 0 Å². The fraction of sp³-hybridized carbons (Fsp3) is 0.600. The molecule has 0 amide bonds. The maximum atomic E-state index is 9.85. The Kier molecular flexibility index (Phi) is 9.70. The Bertz CT molecular complexity index is 125. The van der Waals surface area contributed by atoms with Gasteiger partial charge in [-0.3, -0.25) is 4.79 Å². The molecule has 0 spiro atoms. The first kappa shape index (κ1) is 13.0. The van der Waals surface area contributed by atoms with Gasteiger partial charge in [0.05, 0.1) is 6.04 Å². The van der Waals surface area contributed by atoms with Crippen molar-refractivity contribution in [2.75, 3.05) is 0 Å². The van der Waals surface area contributed by atoms with Crippen LogP contribution in [0.3, 0.4) is 0 Å². The van der Waals surface area contributed by atoms with Crippen molar-refractivity contribution in [1.82, 2.24) is 0 Å². The predicted molar refractivity (Wildman–Crippen MR) is 38.9 cm³/mol. The van der Waals surface area contributed by atoms with Gasteiger partial charge in [0.15, 0.2) is 0 Å². The molecule has 0 aliphatic carbocycles. The molecule has 0 unspecified atom stereocenters. The van der Waals surface area contributed by atoms with Crippen LogP contribution in [-0.2, 0) is 9.59 Å². The van der Waals surface area contributed by atoms with Crippen LogP contribution in [0.2, 0.25) is 0 Å². The van der Waals surface area contributed by atoms with Crippen molar-refractivity contribution >= 4 is 50.0 Å². The largest absolute Gasteiger partial charge is 2.00 e. The minimum atomic E-state index is -0.924. The summed E-state index contributed by atoms with van der Waals surface area (Å²) >= 11 is 0. The molecule has 0 bridgehead atoms. The van der Waals surface area contributed by atoms with E-state index < -0.39 is 12.0 Å². The van der Waals surface area contributed by atoms with E-state index in [9.17, 15) is 9.59 Å². The Morgan fingerprint density at radius 3 is 2.60 bits per heavy atom. The van der Waals surface area contributed by atoms with Crippen LogP contribution >= 0.6 is 0 Å². The number of hydrogen-bond acceptors (Lipinski definition) is 3. The van der Waals surface area contributed by atoms with E-state index in [0.717, 1.165) is 0 Å². The zero-order valence-electron chi connectivity index (χ0n) is 7.62. The summed E-state index contributed by atoms with van der Waals surface area (Å²) in [6.07, 6.45) is 0.724. The molecule has 3 N–H and O–H groups in total. The van der Waals surface area contributed by atoms with E-state index >= 15 is 0 Å². The summed E-state index contributed by atoms with van der Waals surface area (Å²) in [5.41, 5.74) is 5.09. The van der Waals surface area contributed by atoms with Crippen molar-refractivity contribution in [3.8, 4) is 0 Å². The third-order valence-corrected chi connectivity index (χ3v) is 0.866. The summed E-state index contributed by atoms with van der Waals surface area (Å²) in [5.74, 6) is -0.924. The van der Waals surface area contributed by atoms with Crippen LogP contribution in [0.15, 0.2) is 0 Å². The Labute approximate surface area is 91.7 Å². The van der Waals surface area contributed by atoms with Crippen molar-refractivity contribution in [2.24, 2.45) is 5.73 Å². The van der Waals surface area contributed by atoms with Gasteiger partial charge in [-0.2, -0.15) is 0 Å². The molecule has 1 atom stereocenters. The smallest absolute Gasteiger partial charge is 1.00 e. The maximum absolute atomic E-state index is 9.85. The van der Waals surface area contributed by atoms with Gasteiger partial charge in [0, 0.05) is 6.42 Å². The van der Waals surface area contributed by atoms with Crippen molar-refractivity contribution in [3.05, 3.63) is 0 Å². The van der Waals surface area contributed by atoms with Crippen LogP contribution in [-0.4, -0.2) is 61.1 Å². The quantitative estimate of drug-likeness (QED) is 0.432. The molecule has 0 radical (unpaired) electrons. The van der Waals surface area contributed by atoms with Crippen molar-refractivity contribution in [2.45, 2.75) is 18.9 Å². The van der Waals surface area contributed by atoms with Crippen LogP contribution < -0.4 is 5.73 Å². The van der Waals surface area contributed by atoms with Gasteiger partial charge in [0.25, 0.3) is 0 Å². The topological polar surface area (TPSA) is 80.4 Å². The van der Waals surface area contributed by atoms with E-state index in [-0.39, 0.29) is 53.4 Å². The molecular formula is C5H11CaNO3. The second-order valence-corrected chi connectivity index (χ2v) is 1.73. The Morgan fingerprint density at radius 1 is 1.80 bits per heavy atom. The number of aliphatic carboxylic acids is 1. The number of rotatable bonds is 4. The van der Waals surface area contributed by atoms with Gasteiger partial charge in [0.2, 0.25) is 0 Å². The summed E-state index contributed by atoms with van der Waals surface area (Å²) in [4.78, 5) is 19.6. The van der Waals surface area contributed by atoms with Gasteiger partial charge >= 0.3 is 43.7 Å². The second kappa shape index (κ2) is 7.47. The molecule has 0 heterocycles.